The van der Waals surface area contributed by atoms with Crippen molar-refractivity contribution in [3.63, 3.8) is 0 Å². The van der Waals surface area contributed by atoms with E-state index in [1.54, 1.807) is 0 Å². The Bertz CT molecular complexity index is 531. The summed E-state index contributed by atoms with van der Waals surface area (Å²) < 4.78 is 0. The summed E-state index contributed by atoms with van der Waals surface area (Å²) in [5, 5.41) is 4.22. The first-order chi connectivity index (χ1) is 8.06. The maximum absolute atomic E-state index is 6.00. The minimum atomic E-state index is 0.774. The van der Waals surface area contributed by atoms with E-state index in [0.717, 1.165) is 17.3 Å². The summed E-state index contributed by atoms with van der Waals surface area (Å²) in [5.41, 5.74) is 3.70. The summed E-state index contributed by atoms with van der Waals surface area (Å²) in [6.07, 6.45) is 0. The van der Waals surface area contributed by atoms with Crippen LogP contribution in [0.2, 0.25) is 5.02 Å². The summed E-state index contributed by atoms with van der Waals surface area (Å²) in [6, 6.07) is 8.18. The maximum atomic E-state index is 6.00. The van der Waals surface area contributed by atoms with Gasteiger partial charge in [-0.2, -0.15) is 0 Å². The van der Waals surface area contributed by atoms with E-state index in [4.69, 9.17) is 11.6 Å². The second kappa shape index (κ2) is 5.11. The number of rotatable bonds is 3. The highest BCUT2D eigenvalue weighted by Crippen LogP contribution is 2.24. The van der Waals surface area contributed by atoms with Crippen molar-refractivity contribution in [2.75, 3.05) is 5.32 Å². The van der Waals surface area contributed by atoms with Crippen LogP contribution in [0, 0.1) is 20.8 Å². The number of hydrogen-bond donors (Lipinski definition) is 1. The van der Waals surface area contributed by atoms with Crippen molar-refractivity contribution in [3.05, 3.63) is 50.2 Å². The van der Waals surface area contributed by atoms with Crippen molar-refractivity contribution in [1.82, 2.24) is 0 Å². The Labute approximate surface area is 111 Å². The van der Waals surface area contributed by atoms with Crippen molar-refractivity contribution in [3.8, 4) is 0 Å². The van der Waals surface area contributed by atoms with E-state index in [1.807, 2.05) is 29.5 Å². The molecule has 90 valence electrons. The quantitative estimate of drug-likeness (QED) is 0.829. The predicted molar refractivity (Wildman–Crippen MR) is 77.3 cm³/mol. The van der Waals surface area contributed by atoms with E-state index in [1.165, 1.54) is 20.9 Å². The molecule has 0 atom stereocenters. The van der Waals surface area contributed by atoms with Crippen LogP contribution in [-0.4, -0.2) is 0 Å². The predicted octanol–water partition coefficient (Wildman–Crippen LogP) is 4.94. The number of aryl methyl sites for hydroxylation is 3. The molecule has 1 heterocycles. The van der Waals surface area contributed by atoms with Gasteiger partial charge >= 0.3 is 0 Å². The molecule has 0 bridgehead atoms. The van der Waals surface area contributed by atoms with Crippen LogP contribution in [0.5, 0.6) is 0 Å². The van der Waals surface area contributed by atoms with Gasteiger partial charge in [-0.05, 0) is 50.1 Å². The molecule has 2 rings (SSSR count). The van der Waals surface area contributed by atoms with Crippen LogP contribution in [0.4, 0.5) is 5.69 Å². The lowest BCUT2D eigenvalue weighted by molar-refractivity contribution is 1.13. The highest BCUT2D eigenvalue weighted by molar-refractivity contribution is 7.12. The summed E-state index contributed by atoms with van der Waals surface area (Å²) in [7, 11) is 0. The molecule has 0 amide bonds. The fraction of sp³-hybridized carbons (Fsp3) is 0.286. The third-order valence-electron chi connectivity index (χ3n) is 2.81. The van der Waals surface area contributed by atoms with Gasteiger partial charge in [0.05, 0.1) is 0 Å². The summed E-state index contributed by atoms with van der Waals surface area (Å²) in [6.45, 7) is 7.26. The summed E-state index contributed by atoms with van der Waals surface area (Å²) >= 11 is 7.84. The Hall–Kier alpha value is -0.990. The van der Waals surface area contributed by atoms with Crippen LogP contribution in [0.1, 0.15) is 20.9 Å². The molecule has 1 aromatic heterocycles. The lowest BCUT2D eigenvalue weighted by Crippen LogP contribution is -2.00. The van der Waals surface area contributed by atoms with Crippen LogP contribution in [0.3, 0.4) is 0 Å². The Morgan fingerprint density at radius 2 is 1.94 bits per heavy atom. The molecule has 0 aliphatic rings. The molecule has 3 heteroatoms. The summed E-state index contributed by atoms with van der Waals surface area (Å²) in [5.74, 6) is 0. The molecule has 0 saturated carbocycles. The molecule has 0 aliphatic heterocycles. The zero-order valence-corrected chi connectivity index (χ0v) is 11.9. The van der Waals surface area contributed by atoms with Gasteiger partial charge in [0.2, 0.25) is 0 Å². The van der Waals surface area contributed by atoms with Crippen LogP contribution >= 0.6 is 22.9 Å². The largest absolute Gasteiger partial charge is 0.381 e. The van der Waals surface area contributed by atoms with Crippen LogP contribution < -0.4 is 5.32 Å². The van der Waals surface area contributed by atoms with Crippen LogP contribution in [-0.2, 0) is 6.54 Å². The second-order valence-electron chi connectivity index (χ2n) is 4.25. The Morgan fingerprint density at radius 3 is 2.59 bits per heavy atom. The van der Waals surface area contributed by atoms with Gasteiger partial charge in [-0.1, -0.05) is 17.7 Å². The molecular formula is C14H16ClNS. The fourth-order valence-electron chi connectivity index (χ4n) is 1.83. The smallest absolute Gasteiger partial charge is 0.0426 e. The SMILES string of the molecule is Cc1cc(CNc2cc(Cl)ccc2C)c(C)s1. The molecule has 0 radical (unpaired) electrons. The fourth-order valence-corrected chi connectivity index (χ4v) is 2.95. The van der Waals surface area contributed by atoms with E-state index in [0.29, 0.717) is 0 Å². The Kier molecular flexibility index (Phi) is 3.75. The molecule has 1 N–H and O–H groups in total. The molecule has 0 spiro atoms. The normalized spacial score (nSPS) is 10.6. The van der Waals surface area contributed by atoms with Crippen molar-refractivity contribution in [2.45, 2.75) is 27.3 Å². The third-order valence-corrected chi connectivity index (χ3v) is 4.06. The molecular weight excluding hydrogens is 250 g/mol. The van der Waals surface area contributed by atoms with Gasteiger partial charge in [-0.3, -0.25) is 0 Å². The highest BCUT2D eigenvalue weighted by Gasteiger charge is 2.04. The highest BCUT2D eigenvalue weighted by atomic mass is 35.5. The lowest BCUT2D eigenvalue weighted by Gasteiger charge is -2.09. The van der Waals surface area contributed by atoms with E-state index in [-0.39, 0.29) is 0 Å². The van der Waals surface area contributed by atoms with Crippen molar-refractivity contribution < 1.29 is 0 Å². The van der Waals surface area contributed by atoms with Crippen molar-refractivity contribution in [1.29, 1.82) is 0 Å². The molecule has 0 saturated heterocycles. The minimum absolute atomic E-state index is 0.774. The average Bonchev–Trinajstić information content (AvgIpc) is 2.59. The van der Waals surface area contributed by atoms with Gasteiger partial charge in [-0.25, -0.2) is 0 Å². The number of anilines is 1. The number of halogens is 1. The van der Waals surface area contributed by atoms with Gasteiger partial charge in [0.15, 0.2) is 0 Å². The van der Waals surface area contributed by atoms with Gasteiger partial charge in [-0.15, -0.1) is 11.3 Å². The first-order valence-corrected chi connectivity index (χ1v) is 6.81. The Balaban J connectivity index is 2.12. The number of hydrogen-bond acceptors (Lipinski definition) is 2. The van der Waals surface area contributed by atoms with E-state index < -0.39 is 0 Å². The van der Waals surface area contributed by atoms with Gasteiger partial charge in [0, 0.05) is 27.0 Å². The molecule has 1 aromatic carbocycles. The standard InChI is InChI=1S/C14H16ClNS/c1-9-4-5-13(15)7-14(9)16-8-12-6-10(2)17-11(12)3/h4-7,16H,8H2,1-3H3. The molecule has 0 unspecified atom stereocenters. The number of nitrogens with one attached hydrogen (secondary N) is 1. The third kappa shape index (κ3) is 3.02. The summed E-state index contributed by atoms with van der Waals surface area (Å²) in [4.78, 5) is 2.75. The van der Waals surface area contributed by atoms with Crippen molar-refractivity contribution >= 4 is 28.6 Å². The average molecular weight is 266 g/mol. The topological polar surface area (TPSA) is 12.0 Å². The molecule has 1 nitrogen and oxygen atoms in total. The molecule has 0 fully saturated rings. The molecule has 17 heavy (non-hydrogen) atoms. The van der Waals surface area contributed by atoms with Gasteiger partial charge in [0.25, 0.3) is 0 Å². The van der Waals surface area contributed by atoms with E-state index >= 15 is 0 Å². The van der Waals surface area contributed by atoms with E-state index in [2.05, 4.69) is 32.2 Å². The van der Waals surface area contributed by atoms with Crippen molar-refractivity contribution in [2.24, 2.45) is 0 Å². The Morgan fingerprint density at radius 1 is 1.18 bits per heavy atom. The number of benzene rings is 1. The second-order valence-corrected chi connectivity index (χ2v) is 6.15. The zero-order valence-electron chi connectivity index (χ0n) is 10.3. The van der Waals surface area contributed by atoms with Gasteiger partial charge in [0.1, 0.15) is 0 Å². The van der Waals surface area contributed by atoms with Crippen LogP contribution in [0.25, 0.3) is 0 Å². The van der Waals surface area contributed by atoms with Crippen LogP contribution in [0.15, 0.2) is 24.3 Å². The molecule has 0 aliphatic carbocycles. The van der Waals surface area contributed by atoms with E-state index in [9.17, 15) is 0 Å². The lowest BCUT2D eigenvalue weighted by atomic mass is 10.2. The maximum Gasteiger partial charge on any atom is 0.0426 e. The molecule has 2 aromatic rings. The minimum Gasteiger partial charge on any atom is -0.381 e. The number of thiophene rings is 1. The first-order valence-electron chi connectivity index (χ1n) is 5.62. The van der Waals surface area contributed by atoms with Gasteiger partial charge < -0.3 is 5.32 Å². The monoisotopic (exact) mass is 265 g/mol. The first kappa shape index (κ1) is 12.5. The zero-order chi connectivity index (χ0) is 12.4.